The summed E-state index contributed by atoms with van der Waals surface area (Å²) < 4.78 is 42.5. The van der Waals surface area contributed by atoms with E-state index in [0.29, 0.717) is 39.7 Å². The van der Waals surface area contributed by atoms with Gasteiger partial charge in [-0.2, -0.15) is 0 Å². The molecular formula is C29H29F3. The molecule has 0 saturated heterocycles. The summed E-state index contributed by atoms with van der Waals surface area (Å²) in [5.41, 5.74) is 3.61. The molecule has 0 bridgehead atoms. The van der Waals surface area contributed by atoms with Crippen LogP contribution in [0.2, 0.25) is 0 Å². The quantitative estimate of drug-likeness (QED) is 0.340. The van der Waals surface area contributed by atoms with E-state index in [1.165, 1.54) is 6.07 Å². The third-order valence-corrected chi connectivity index (χ3v) is 6.58. The standard InChI is InChI=1S/C29H29F3/c1-2-3-4-20-5-9-22(10-6-20)24-13-15-27(28(31)17-24)25-14-16-26(29(32)18-25)23-11-7-21(19-30)8-12-23/h3-4,7-8,11-18,20,22H,2,5-6,9-10,19H2,1H3/b4-3+. The van der Waals surface area contributed by atoms with Gasteiger partial charge in [0.2, 0.25) is 0 Å². The van der Waals surface area contributed by atoms with Crippen molar-refractivity contribution in [2.75, 3.05) is 0 Å². The van der Waals surface area contributed by atoms with Gasteiger partial charge in [0.25, 0.3) is 0 Å². The van der Waals surface area contributed by atoms with Crippen molar-refractivity contribution < 1.29 is 13.2 Å². The summed E-state index contributed by atoms with van der Waals surface area (Å²) >= 11 is 0. The number of halogens is 3. The number of hydrogen-bond donors (Lipinski definition) is 0. The highest BCUT2D eigenvalue weighted by atomic mass is 19.1. The molecule has 0 amide bonds. The molecule has 166 valence electrons. The molecule has 0 radical (unpaired) electrons. The maximum absolute atomic E-state index is 15.0. The summed E-state index contributed by atoms with van der Waals surface area (Å²) in [6, 6.07) is 16.9. The van der Waals surface area contributed by atoms with Crippen molar-refractivity contribution >= 4 is 0 Å². The molecule has 1 saturated carbocycles. The van der Waals surface area contributed by atoms with E-state index in [1.807, 2.05) is 6.07 Å². The minimum Gasteiger partial charge on any atom is -0.246 e. The maximum atomic E-state index is 15.0. The second-order valence-electron chi connectivity index (χ2n) is 8.71. The average Bonchev–Trinajstić information content (AvgIpc) is 2.83. The van der Waals surface area contributed by atoms with Crippen LogP contribution in [0.1, 0.15) is 56.1 Å². The SMILES string of the molecule is CC/C=C/C1CCC(c2ccc(-c3ccc(-c4ccc(CF)cc4)c(F)c3)c(F)c2)CC1. The van der Waals surface area contributed by atoms with Crippen molar-refractivity contribution in [1.82, 2.24) is 0 Å². The Morgan fingerprint density at radius 3 is 2.03 bits per heavy atom. The number of benzene rings is 3. The van der Waals surface area contributed by atoms with E-state index < -0.39 is 12.5 Å². The van der Waals surface area contributed by atoms with Gasteiger partial charge < -0.3 is 0 Å². The Morgan fingerprint density at radius 2 is 1.41 bits per heavy atom. The molecule has 32 heavy (non-hydrogen) atoms. The molecule has 0 N–H and O–H groups in total. The summed E-state index contributed by atoms with van der Waals surface area (Å²) in [7, 11) is 0. The first-order chi connectivity index (χ1) is 15.6. The van der Waals surface area contributed by atoms with Gasteiger partial charge in [-0.05, 0) is 78.3 Å². The molecule has 0 aromatic heterocycles. The number of allylic oxidation sites excluding steroid dienone is 2. The van der Waals surface area contributed by atoms with Crippen LogP contribution in [0.25, 0.3) is 22.3 Å². The molecular weight excluding hydrogens is 405 g/mol. The van der Waals surface area contributed by atoms with Gasteiger partial charge >= 0.3 is 0 Å². The van der Waals surface area contributed by atoms with Gasteiger partial charge in [0.15, 0.2) is 0 Å². The zero-order chi connectivity index (χ0) is 22.5. The lowest BCUT2D eigenvalue weighted by atomic mass is 9.78. The van der Waals surface area contributed by atoms with Crippen LogP contribution in [-0.2, 0) is 6.67 Å². The summed E-state index contributed by atoms with van der Waals surface area (Å²) in [6.45, 7) is 1.60. The topological polar surface area (TPSA) is 0 Å². The fraction of sp³-hybridized carbons (Fsp3) is 0.310. The number of alkyl halides is 1. The highest BCUT2D eigenvalue weighted by Crippen LogP contribution is 2.38. The van der Waals surface area contributed by atoms with Crippen molar-refractivity contribution in [3.63, 3.8) is 0 Å². The lowest BCUT2D eigenvalue weighted by molar-refractivity contribution is 0.375. The van der Waals surface area contributed by atoms with Gasteiger partial charge in [0.05, 0.1) is 0 Å². The van der Waals surface area contributed by atoms with Crippen LogP contribution < -0.4 is 0 Å². The summed E-state index contributed by atoms with van der Waals surface area (Å²) in [5.74, 6) is 0.300. The molecule has 0 nitrogen and oxygen atoms in total. The molecule has 1 fully saturated rings. The van der Waals surface area contributed by atoms with Crippen molar-refractivity contribution in [1.29, 1.82) is 0 Å². The Morgan fingerprint density at radius 1 is 0.781 bits per heavy atom. The van der Waals surface area contributed by atoms with E-state index >= 15 is 4.39 Å². The van der Waals surface area contributed by atoms with Crippen LogP contribution in [0.5, 0.6) is 0 Å². The molecule has 3 heteroatoms. The average molecular weight is 435 g/mol. The number of hydrogen-bond acceptors (Lipinski definition) is 0. The first kappa shape index (κ1) is 22.4. The highest BCUT2D eigenvalue weighted by Gasteiger charge is 2.22. The van der Waals surface area contributed by atoms with Gasteiger partial charge in [-0.15, -0.1) is 0 Å². The molecule has 0 spiro atoms. The molecule has 0 heterocycles. The predicted molar refractivity (Wildman–Crippen MR) is 126 cm³/mol. The van der Waals surface area contributed by atoms with Crippen LogP contribution >= 0.6 is 0 Å². The Balaban J connectivity index is 1.50. The van der Waals surface area contributed by atoms with E-state index in [4.69, 9.17) is 0 Å². The number of rotatable bonds is 6. The van der Waals surface area contributed by atoms with E-state index in [2.05, 4.69) is 19.1 Å². The van der Waals surface area contributed by atoms with Crippen molar-refractivity contribution in [2.24, 2.45) is 5.92 Å². The van der Waals surface area contributed by atoms with Gasteiger partial charge in [-0.25, -0.2) is 13.2 Å². The van der Waals surface area contributed by atoms with E-state index in [1.54, 1.807) is 48.5 Å². The predicted octanol–water partition coefficient (Wildman–Crippen LogP) is 9.01. The van der Waals surface area contributed by atoms with Gasteiger partial charge in [-0.3, -0.25) is 0 Å². The smallest absolute Gasteiger partial charge is 0.131 e. The first-order valence-corrected chi connectivity index (χ1v) is 11.5. The van der Waals surface area contributed by atoms with E-state index in [0.717, 1.165) is 37.7 Å². The van der Waals surface area contributed by atoms with Crippen LogP contribution in [0.3, 0.4) is 0 Å². The summed E-state index contributed by atoms with van der Waals surface area (Å²) in [4.78, 5) is 0. The normalized spacial score (nSPS) is 18.9. The van der Waals surface area contributed by atoms with Crippen LogP contribution in [0.15, 0.2) is 72.8 Å². The molecule has 1 aliphatic carbocycles. The zero-order valence-electron chi connectivity index (χ0n) is 18.5. The maximum Gasteiger partial charge on any atom is 0.131 e. The largest absolute Gasteiger partial charge is 0.246 e. The summed E-state index contributed by atoms with van der Waals surface area (Å²) in [6.07, 6.45) is 10.1. The Hall–Kier alpha value is -2.81. The van der Waals surface area contributed by atoms with Gasteiger partial charge in [-0.1, -0.05) is 67.6 Å². The Labute approximate surface area is 188 Å². The lowest BCUT2D eigenvalue weighted by Crippen LogP contribution is -2.12. The fourth-order valence-corrected chi connectivity index (χ4v) is 4.68. The second-order valence-corrected chi connectivity index (χ2v) is 8.71. The minimum atomic E-state index is -0.547. The summed E-state index contributed by atoms with van der Waals surface area (Å²) in [5, 5.41) is 0. The van der Waals surface area contributed by atoms with Crippen molar-refractivity contribution in [2.45, 2.75) is 51.6 Å². The van der Waals surface area contributed by atoms with Crippen LogP contribution in [0.4, 0.5) is 13.2 Å². The second kappa shape index (κ2) is 10.2. The van der Waals surface area contributed by atoms with E-state index in [-0.39, 0.29) is 5.82 Å². The highest BCUT2D eigenvalue weighted by molar-refractivity contribution is 5.71. The molecule has 4 rings (SSSR count). The molecule has 0 atom stereocenters. The monoisotopic (exact) mass is 434 g/mol. The van der Waals surface area contributed by atoms with Crippen molar-refractivity contribution in [3.8, 4) is 22.3 Å². The van der Waals surface area contributed by atoms with Gasteiger partial charge in [0, 0.05) is 11.1 Å². The zero-order valence-corrected chi connectivity index (χ0v) is 18.5. The fourth-order valence-electron chi connectivity index (χ4n) is 4.68. The first-order valence-electron chi connectivity index (χ1n) is 11.5. The molecule has 3 aromatic carbocycles. The van der Waals surface area contributed by atoms with Crippen LogP contribution in [0, 0.1) is 17.6 Å². The molecule has 1 aliphatic rings. The third kappa shape index (κ3) is 4.98. The molecule has 0 unspecified atom stereocenters. The molecule has 0 aliphatic heterocycles. The van der Waals surface area contributed by atoms with Gasteiger partial charge in [0.1, 0.15) is 18.3 Å². The lowest BCUT2D eigenvalue weighted by Gasteiger charge is -2.27. The Bertz CT molecular complexity index is 1070. The third-order valence-electron chi connectivity index (χ3n) is 6.58. The minimum absolute atomic E-state index is 0.310. The Kier molecular flexibility index (Phi) is 7.14. The van der Waals surface area contributed by atoms with Crippen LogP contribution in [-0.4, -0.2) is 0 Å². The molecule has 3 aromatic rings. The van der Waals surface area contributed by atoms with Crippen molar-refractivity contribution in [3.05, 3.63) is 95.6 Å². The van der Waals surface area contributed by atoms with E-state index in [9.17, 15) is 8.78 Å².